The van der Waals surface area contributed by atoms with Crippen molar-refractivity contribution in [2.24, 2.45) is 0 Å². The minimum absolute atomic E-state index is 0.342. The average Bonchev–Trinajstić information content (AvgIpc) is 2.37. The van der Waals surface area contributed by atoms with Crippen LogP contribution in [0.4, 0.5) is 0 Å². The van der Waals surface area contributed by atoms with Crippen LogP contribution in [0.5, 0.6) is 0 Å². The van der Waals surface area contributed by atoms with Crippen molar-refractivity contribution in [2.45, 2.75) is 70.5 Å². The Morgan fingerprint density at radius 1 is 1.00 bits per heavy atom. The number of hydrogen-bond acceptors (Lipinski definition) is 3. The first kappa shape index (κ1) is 15.3. The van der Waals surface area contributed by atoms with Gasteiger partial charge in [-0.25, -0.2) is 0 Å². The van der Waals surface area contributed by atoms with Crippen LogP contribution in [0.1, 0.15) is 52.9 Å². The lowest BCUT2D eigenvalue weighted by Gasteiger charge is -2.42. The van der Waals surface area contributed by atoms with Gasteiger partial charge in [0.05, 0.1) is 0 Å². The van der Waals surface area contributed by atoms with E-state index in [1.165, 1.54) is 58.3 Å². The molecule has 0 spiro atoms. The standard InChI is InChI=1S/C16H33N3/c1-16(2,3)19-11-8-14(9-12-19)17-13-15-7-5-6-10-18(15)4/h14-15,17H,5-13H2,1-4H3. The Morgan fingerprint density at radius 2 is 1.68 bits per heavy atom. The summed E-state index contributed by atoms with van der Waals surface area (Å²) in [6.07, 6.45) is 6.81. The maximum atomic E-state index is 3.83. The highest BCUT2D eigenvalue weighted by Gasteiger charge is 2.27. The van der Waals surface area contributed by atoms with Crippen LogP contribution in [0, 0.1) is 0 Å². The summed E-state index contributed by atoms with van der Waals surface area (Å²) in [5.41, 5.74) is 0.342. The average molecular weight is 267 g/mol. The largest absolute Gasteiger partial charge is 0.312 e. The van der Waals surface area contributed by atoms with Crippen LogP contribution in [0.15, 0.2) is 0 Å². The molecule has 0 aromatic carbocycles. The summed E-state index contributed by atoms with van der Waals surface area (Å²) in [6.45, 7) is 12.0. The Balaban J connectivity index is 1.68. The van der Waals surface area contributed by atoms with Crippen LogP contribution in [-0.4, -0.2) is 60.6 Å². The molecule has 1 N–H and O–H groups in total. The van der Waals surface area contributed by atoms with Gasteiger partial charge in [-0.3, -0.25) is 4.90 Å². The molecule has 3 nitrogen and oxygen atoms in total. The number of hydrogen-bond donors (Lipinski definition) is 1. The SMILES string of the molecule is CN1CCCCC1CNC1CCN(C(C)(C)C)CC1. The van der Waals surface area contributed by atoms with Gasteiger partial charge < -0.3 is 10.2 Å². The summed E-state index contributed by atoms with van der Waals surface area (Å²) in [5.74, 6) is 0. The zero-order valence-corrected chi connectivity index (χ0v) is 13.4. The van der Waals surface area contributed by atoms with E-state index in [1.807, 2.05) is 0 Å². The fraction of sp³-hybridized carbons (Fsp3) is 1.00. The van der Waals surface area contributed by atoms with Crippen molar-refractivity contribution in [3.8, 4) is 0 Å². The van der Waals surface area contributed by atoms with Gasteiger partial charge in [0.2, 0.25) is 0 Å². The van der Waals surface area contributed by atoms with Crippen molar-refractivity contribution < 1.29 is 0 Å². The molecule has 2 aliphatic rings. The lowest BCUT2D eigenvalue weighted by atomic mass is 9.97. The summed E-state index contributed by atoms with van der Waals surface area (Å²) in [7, 11) is 2.29. The second-order valence-corrected chi connectivity index (χ2v) is 7.47. The maximum Gasteiger partial charge on any atom is 0.0217 e. The lowest BCUT2D eigenvalue weighted by molar-refractivity contribution is 0.0924. The van der Waals surface area contributed by atoms with Crippen LogP contribution in [0.2, 0.25) is 0 Å². The molecule has 2 saturated heterocycles. The van der Waals surface area contributed by atoms with Gasteiger partial charge >= 0.3 is 0 Å². The van der Waals surface area contributed by atoms with E-state index < -0.39 is 0 Å². The molecule has 0 aliphatic carbocycles. The zero-order chi connectivity index (χ0) is 13.9. The normalized spacial score (nSPS) is 28.7. The second kappa shape index (κ2) is 6.55. The molecule has 3 heteroatoms. The first-order chi connectivity index (χ1) is 8.97. The minimum atomic E-state index is 0.342. The number of rotatable bonds is 3. The van der Waals surface area contributed by atoms with Gasteiger partial charge in [-0.15, -0.1) is 0 Å². The topological polar surface area (TPSA) is 18.5 Å². The van der Waals surface area contributed by atoms with Crippen molar-refractivity contribution in [2.75, 3.05) is 33.2 Å². The first-order valence-electron chi connectivity index (χ1n) is 8.15. The van der Waals surface area contributed by atoms with E-state index in [0.717, 1.165) is 12.1 Å². The Labute approximate surface area is 119 Å². The number of likely N-dealkylation sites (N-methyl/N-ethyl adjacent to an activating group) is 1. The van der Waals surface area contributed by atoms with Crippen molar-refractivity contribution in [3.05, 3.63) is 0 Å². The van der Waals surface area contributed by atoms with E-state index in [4.69, 9.17) is 0 Å². The number of nitrogens with one attached hydrogen (secondary N) is 1. The highest BCUT2D eigenvalue weighted by Crippen LogP contribution is 2.20. The molecule has 1 atom stereocenters. The molecular formula is C16H33N3. The first-order valence-corrected chi connectivity index (χ1v) is 8.15. The highest BCUT2D eigenvalue weighted by atomic mass is 15.2. The fourth-order valence-corrected chi connectivity index (χ4v) is 3.46. The Morgan fingerprint density at radius 3 is 2.26 bits per heavy atom. The van der Waals surface area contributed by atoms with Gasteiger partial charge in [0, 0.05) is 37.3 Å². The summed E-state index contributed by atoms with van der Waals surface area (Å²) < 4.78 is 0. The Kier molecular flexibility index (Phi) is 5.27. The van der Waals surface area contributed by atoms with E-state index in [-0.39, 0.29) is 0 Å². The molecule has 2 rings (SSSR count). The highest BCUT2D eigenvalue weighted by molar-refractivity contribution is 4.86. The Bertz CT molecular complexity index is 264. The number of nitrogens with zero attached hydrogens (tertiary/aromatic N) is 2. The molecule has 1 unspecified atom stereocenters. The lowest BCUT2D eigenvalue weighted by Crippen LogP contribution is -2.52. The van der Waals surface area contributed by atoms with Gasteiger partial charge in [0.25, 0.3) is 0 Å². The molecule has 0 saturated carbocycles. The van der Waals surface area contributed by atoms with Crippen molar-refractivity contribution in [3.63, 3.8) is 0 Å². The van der Waals surface area contributed by atoms with Crippen LogP contribution in [0.25, 0.3) is 0 Å². The van der Waals surface area contributed by atoms with Gasteiger partial charge in [-0.1, -0.05) is 6.42 Å². The van der Waals surface area contributed by atoms with Crippen LogP contribution < -0.4 is 5.32 Å². The third kappa shape index (κ3) is 4.44. The molecule has 19 heavy (non-hydrogen) atoms. The van der Waals surface area contributed by atoms with Crippen molar-refractivity contribution >= 4 is 0 Å². The van der Waals surface area contributed by atoms with Crippen LogP contribution in [0.3, 0.4) is 0 Å². The monoisotopic (exact) mass is 267 g/mol. The Hall–Kier alpha value is -0.120. The van der Waals surface area contributed by atoms with Crippen LogP contribution >= 0.6 is 0 Å². The van der Waals surface area contributed by atoms with E-state index in [0.29, 0.717) is 5.54 Å². The molecule has 0 amide bonds. The molecule has 2 heterocycles. The van der Waals surface area contributed by atoms with E-state index in [1.54, 1.807) is 0 Å². The smallest absolute Gasteiger partial charge is 0.0217 e. The molecule has 2 fully saturated rings. The summed E-state index contributed by atoms with van der Waals surface area (Å²) in [4.78, 5) is 5.17. The third-order valence-corrected chi connectivity index (χ3v) is 5.01. The zero-order valence-electron chi connectivity index (χ0n) is 13.4. The van der Waals surface area contributed by atoms with E-state index in [9.17, 15) is 0 Å². The molecule has 0 aromatic heterocycles. The quantitative estimate of drug-likeness (QED) is 0.846. The molecule has 112 valence electrons. The summed E-state index contributed by atoms with van der Waals surface area (Å²) >= 11 is 0. The third-order valence-electron chi connectivity index (χ3n) is 5.01. The fourth-order valence-electron chi connectivity index (χ4n) is 3.46. The molecular weight excluding hydrogens is 234 g/mol. The van der Waals surface area contributed by atoms with E-state index in [2.05, 4.69) is 42.9 Å². The molecule has 0 aromatic rings. The van der Waals surface area contributed by atoms with Gasteiger partial charge in [0.1, 0.15) is 0 Å². The summed E-state index contributed by atoms with van der Waals surface area (Å²) in [6, 6.07) is 1.52. The number of piperidine rings is 2. The molecule has 2 aliphatic heterocycles. The van der Waals surface area contributed by atoms with Gasteiger partial charge in [-0.05, 0) is 60.0 Å². The predicted molar refractivity (Wildman–Crippen MR) is 82.6 cm³/mol. The predicted octanol–water partition coefficient (Wildman–Crippen LogP) is 2.32. The van der Waals surface area contributed by atoms with Crippen LogP contribution in [-0.2, 0) is 0 Å². The number of likely N-dealkylation sites (tertiary alicyclic amines) is 2. The van der Waals surface area contributed by atoms with E-state index >= 15 is 0 Å². The van der Waals surface area contributed by atoms with Crippen molar-refractivity contribution in [1.82, 2.24) is 15.1 Å². The maximum absolute atomic E-state index is 3.83. The second-order valence-electron chi connectivity index (χ2n) is 7.47. The van der Waals surface area contributed by atoms with Crippen molar-refractivity contribution in [1.29, 1.82) is 0 Å². The van der Waals surface area contributed by atoms with Gasteiger partial charge in [-0.2, -0.15) is 0 Å². The molecule has 0 bridgehead atoms. The minimum Gasteiger partial charge on any atom is -0.312 e. The van der Waals surface area contributed by atoms with Gasteiger partial charge in [0.15, 0.2) is 0 Å². The summed E-state index contributed by atoms with van der Waals surface area (Å²) in [5, 5.41) is 3.83. The molecule has 0 radical (unpaired) electrons.